The molecule has 0 aliphatic rings. The number of aromatic nitrogens is 4. The van der Waals surface area contributed by atoms with Crippen LogP contribution in [0.2, 0.25) is 0 Å². The molecule has 0 amide bonds. The maximum atomic E-state index is 5.84. The summed E-state index contributed by atoms with van der Waals surface area (Å²) in [4.78, 5) is 4.92. The van der Waals surface area contributed by atoms with E-state index >= 15 is 0 Å². The number of anilines is 1. The van der Waals surface area contributed by atoms with Crippen LogP contribution in [-0.2, 0) is 0 Å². The summed E-state index contributed by atoms with van der Waals surface area (Å²) in [5, 5.41) is 10.1. The van der Waals surface area contributed by atoms with E-state index in [1.54, 1.807) is 23.7 Å². The predicted molar refractivity (Wildman–Crippen MR) is 58.5 cm³/mol. The average molecular weight is 217 g/mol. The van der Waals surface area contributed by atoms with E-state index in [9.17, 15) is 0 Å². The Labute approximate surface area is 89.2 Å². The van der Waals surface area contributed by atoms with E-state index in [1.807, 2.05) is 22.0 Å². The normalized spacial score (nSPS) is 10.9. The van der Waals surface area contributed by atoms with E-state index in [4.69, 9.17) is 5.73 Å². The third-order valence-corrected chi connectivity index (χ3v) is 3.04. The molecule has 0 saturated heterocycles. The van der Waals surface area contributed by atoms with E-state index in [2.05, 4.69) is 15.2 Å². The molecule has 3 aromatic heterocycles. The van der Waals surface area contributed by atoms with Crippen LogP contribution in [0.5, 0.6) is 0 Å². The third kappa shape index (κ3) is 1.18. The first-order chi connectivity index (χ1) is 7.36. The first kappa shape index (κ1) is 8.37. The largest absolute Gasteiger partial charge is 0.397 e. The SMILES string of the molecule is Nc1ccsc1-c1nnc2cnccn12. The van der Waals surface area contributed by atoms with Crippen LogP contribution >= 0.6 is 11.3 Å². The topological polar surface area (TPSA) is 69.1 Å². The molecule has 6 heteroatoms. The van der Waals surface area contributed by atoms with Crippen molar-refractivity contribution in [2.24, 2.45) is 0 Å². The molecule has 0 spiro atoms. The van der Waals surface area contributed by atoms with E-state index in [1.165, 1.54) is 0 Å². The number of fused-ring (bicyclic) bond motifs is 1. The standard InChI is InChI=1S/C9H7N5S/c10-6-1-4-15-8(6)9-13-12-7-5-11-2-3-14(7)9/h1-5H,10H2. The van der Waals surface area contributed by atoms with Crippen molar-refractivity contribution in [1.82, 2.24) is 19.6 Å². The zero-order valence-electron chi connectivity index (χ0n) is 7.66. The molecule has 3 heterocycles. The molecule has 0 atom stereocenters. The van der Waals surface area contributed by atoms with Crippen molar-refractivity contribution in [3.05, 3.63) is 30.0 Å². The minimum absolute atomic E-state index is 0.723. The zero-order valence-corrected chi connectivity index (χ0v) is 8.48. The Morgan fingerprint density at radius 3 is 3.07 bits per heavy atom. The number of nitrogens with two attached hydrogens (primary N) is 1. The van der Waals surface area contributed by atoms with Gasteiger partial charge in [-0.25, -0.2) is 0 Å². The fraction of sp³-hybridized carbons (Fsp3) is 0. The molecule has 5 nitrogen and oxygen atoms in total. The maximum Gasteiger partial charge on any atom is 0.180 e. The fourth-order valence-electron chi connectivity index (χ4n) is 1.41. The van der Waals surface area contributed by atoms with Crippen LogP contribution in [0, 0.1) is 0 Å². The lowest BCUT2D eigenvalue weighted by Gasteiger charge is -1.96. The van der Waals surface area contributed by atoms with E-state index in [-0.39, 0.29) is 0 Å². The lowest BCUT2D eigenvalue weighted by Crippen LogP contribution is -1.90. The van der Waals surface area contributed by atoms with Gasteiger partial charge < -0.3 is 5.73 Å². The Bertz CT molecular complexity index is 612. The second-order valence-electron chi connectivity index (χ2n) is 3.03. The number of thiophene rings is 1. The van der Waals surface area contributed by atoms with Crippen LogP contribution in [-0.4, -0.2) is 19.6 Å². The average Bonchev–Trinajstić information content (AvgIpc) is 2.83. The van der Waals surface area contributed by atoms with E-state index in [0.29, 0.717) is 0 Å². The molecule has 15 heavy (non-hydrogen) atoms. The Kier molecular flexibility index (Phi) is 1.69. The molecule has 0 unspecified atom stereocenters. The lowest BCUT2D eigenvalue weighted by molar-refractivity contribution is 1.12. The summed E-state index contributed by atoms with van der Waals surface area (Å²) < 4.78 is 1.87. The molecule has 3 rings (SSSR count). The van der Waals surface area contributed by atoms with Gasteiger partial charge >= 0.3 is 0 Å². The zero-order chi connectivity index (χ0) is 10.3. The Hall–Kier alpha value is -1.95. The molecule has 0 radical (unpaired) electrons. The van der Waals surface area contributed by atoms with Crippen molar-refractivity contribution in [3.8, 4) is 10.7 Å². The van der Waals surface area contributed by atoms with Gasteiger partial charge in [0.05, 0.1) is 16.8 Å². The molecular weight excluding hydrogens is 210 g/mol. The van der Waals surface area contributed by atoms with Gasteiger partial charge in [-0.15, -0.1) is 21.5 Å². The molecule has 0 aliphatic heterocycles. The molecule has 0 aromatic carbocycles. The highest BCUT2D eigenvalue weighted by atomic mass is 32.1. The predicted octanol–water partition coefficient (Wildman–Crippen LogP) is 1.44. The van der Waals surface area contributed by atoms with Crippen LogP contribution in [0.15, 0.2) is 30.0 Å². The van der Waals surface area contributed by atoms with Crippen LogP contribution in [0.25, 0.3) is 16.3 Å². The number of hydrogen-bond donors (Lipinski definition) is 1. The summed E-state index contributed by atoms with van der Waals surface area (Å²) in [6.45, 7) is 0. The molecule has 2 N–H and O–H groups in total. The van der Waals surface area contributed by atoms with Crippen molar-refractivity contribution in [1.29, 1.82) is 0 Å². The number of rotatable bonds is 1. The summed E-state index contributed by atoms with van der Waals surface area (Å²) in [6, 6.07) is 1.86. The number of nitrogens with zero attached hydrogens (tertiary/aromatic N) is 4. The monoisotopic (exact) mass is 217 g/mol. The molecule has 74 valence electrons. The highest BCUT2D eigenvalue weighted by Crippen LogP contribution is 2.29. The lowest BCUT2D eigenvalue weighted by atomic mass is 10.4. The number of nitrogen functional groups attached to an aromatic ring is 1. The summed E-state index contributed by atoms with van der Waals surface area (Å²) in [6.07, 6.45) is 5.19. The first-order valence-electron chi connectivity index (χ1n) is 4.34. The van der Waals surface area contributed by atoms with Crippen LogP contribution < -0.4 is 5.73 Å². The van der Waals surface area contributed by atoms with E-state index < -0.39 is 0 Å². The van der Waals surface area contributed by atoms with Crippen molar-refractivity contribution < 1.29 is 0 Å². The van der Waals surface area contributed by atoms with Crippen LogP contribution in [0.3, 0.4) is 0 Å². The quantitative estimate of drug-likeness (QED) is 0.669. The molecule has 0 saturated carbocycles. The molecule has 0 bridgehead atoms. The van der Waals surface area contributed by atoms with Crippen LogP contribution in [0.4, 0.5) is 5.69 Å². The van der Waals surface area contributed by atoms with Gasteiger partial charge in [-0.3, -0.25) is 9.38 Å². The molecule has 3 aromatic rings. The van der Waals surface area contributed by atoms with Gasteiger partial charge in [0, 0.05) is 12.4 Å². The highest BCUT2D eigenvalue weighted by Gasteiger charge is 2.11. The second-order valence-corrected chi connectivity index (χ2v) is 3.95. The molecular formula is C9H7N5S. The smallest absolute Gasteiger partial charge is 0.180 e. The maximum absolute atomic E-state index is 5.84. The van der Waals surface area contributed by atoms with Crippen molar-refractivity contribution in [3.63, 3.8) is 0 Å². The second kappa shape index (κ2) is 3.03. The van der Waals surface area contributed by atoms with Gasteiger partial charge in [0.2, 0.25) is 0 Å². The van der Waals surface area contributed by atoms with Gasteiger partial charge in [0.25, 0.3) is 0 Å². The summed E-state index contributed by atoms with van der Waals surface area (Å²) in [5.41, 5.74) is 7.29. The highest BCUT2D eigenvalue weighted by molar-refractivity contribution is 7.14. The van der Waals surface area contributed by atoms with E-state index in [0.717, 1.165) is 22.0 Å². The molecule has 0 aliphatic carbocycles. The summed E-state index contributed by atoms with van der Waals surface area (Å²) in [5.74, 6) is 0.764. The Morgan fingerprint density at radius 1 is 1.33 bits per heavy atom. The molecule has 0 fully saturated rings. The van der Waals surface area contributed by atoms with Crippen molar-refractivity contribution >= 4 is 22.7 Å². The van der Waals surface area contributed by atoms with Crippen molar-refractivity contribution in [2.45, 2.75) is 0 Å². The van der Waals surface area contributed by atoms with Gasteiger partial charge in [-0.2, -0.15) is 0 Å². The van der Waals surface area contributed by atoms with Gasteiger partial charge in [0.15, 0.2) is 11.5 Å². The third-order valence-electron chi connectivity index (χ3n) is 2.11. The minimum atomic E-state index is 0.723. The summed E-state index contributed by atoms with van der Waals surface area (Å²) >= 11 is 1.55. The summed E-state index contributed by atoms with van der Waals surface area (Å²) in [7, 11) is 0. The Morgan fingerprint density at radius 2 is 2.27 bits per heavy atom. The van der Waals surface area contributed by atoms with Gasteiger partial charge in [0.1, 0.15) is 0 Å². The minimum Gasteiger partial charge on any atom is -0.397 e. The van der Waals surface area contributed by atoms with Gasteiger partial charge in [-0.1, -0.05) is 0 Å². The van der Waals surface area contributed by atoms with Gasteiger partial charge in [-0.05, 0) is 11.4 Å². The first-order valence-corrected chi connectivity index (χ1v) is 5.22. The van der Waals surface area contributed by atoms with Crippen molar-refractivity contribution in [2.75, 3.05) is 5.73 Å². The van der Waals surface area contributed by atoms with Crippen LogP contribution in [0.1, 0.15) is 0 Å². The Balaban J connectivity index is 2.32. The number of hydrogen-bond acceptors (Lipinski definition) is 5. The fourth-order valence-corrected chi connectivity index (χ4v) is 2.21.